The van der Waals surface area contributed by atoms with E-state index in [9.17, 15) is 21.6 Å². The van der Waals surface area contributed by atoms with Crippen LogP contribution in [0.15, 0.2) is 29.2 Å². The molecule has 21 heavy (non-hydrogen) atoms. The lowest BCUT2D eigenvalue weighted by Crippen LogP contribution is -2.43. The number of hydrogen-bond acceptors (Lipinski definition) is 3. The Morgan fingerprint density at radius 1 is 1.19 bits per heavy atom. The topological polar surface area (TPSA) is 49.4 Å². The van der Waals surface area contributed by atoms with Gasteiger partial charge in [0.15, 0.2) is 0 Å². The van der Waals surface area contributed by atoms with E-state index in [1.54, 1.807) is 19.2 Å². The van der Waals surface area contributed by atoms with Gasteiger partial charge in [0.2, 0.25) is 10.0 Å². The lowest BCUT2D eigenvalue weighted by atomic mass is 10.2. The van der Waals surface area contributed by atoms with Gasteiger partial charge in [0.05, 0.1) is 4.90 Å². The molecule has 0 saturated carbocycles. The van der Waals surface area contributed by atoms with Crippen LogP contribution in [0.1, 0.15) is 19.4 Å². The van der Waals surface area contributed by atoms with Crippen molar-refractivity contribution in [3.63, 3.8) is 0 Å². The second kappa shape index (κ2) is 6.76. The normalized spacial score (nSPS) is 13.1. The van der Waals surface area contributed by atoms with Crippen LogP contribution < -0.4 is 5.32 Å². The molecular formula is C13H19F3N2O2S. The molecule has 8 heteroatoms. The fourth-order valence-electron chi connectivity index (χ4n) is 1.84. The van der Waals surface area contributed by atoms with Gasteiger partial charge >= 0.3 is 6.18 Å². The molecule has 0 heterocycles. The van der Waals surface area contributed by atoms with Crippen molar-refractivity contribution in [1.82, 2.24) is 9.62 Å². The second-order valence-electron chi connectivity index (χ2n) is 4.93. The molecule has 0 amide bonds. The minimum atomic E-state index is -4.58. The molecule has 0 radical (unpaired) electrons. The number of alkyl halides is 3. The molecule has 120 valence electrons. The van der Waals surface area contributed by atoms with Crippen molar-refractivity contribution in [3.05, 3.63) is 29.8 Å². The lowest BCUT2D eigenvalue weighted by Gasteiger charge is -2.26. The van der Waals surface area contributed by atoms with Crippen LogP contribution in [0.5, 0.6) is 0 Å². The minimum absolute atomic E-state index is 0.139. The number of nitrogens with one attached hydrogen (secondary N) is 1. The van der Waals surface area contributed by atoms with Crippen LogP contribution in [0, 0.1) is 0 Å². The van der Waals surface area contributed by atoms with E-state index in [2.05, 4.69) is 5.32 Å². The zero-order chi connectivity index (χ0) is 16.3. The second-order valence-corrected chi connectivity index (χ2v) is 6.82. The molecule has 0 bridgehead atoms. The minimum Gasteiger partial charge on any atom is -0.316 e. The van der Waals surface area contributed by atoms with Gasteiger partial charge in [0, 0.05) is 12.6 Å². The standard InChI is InChI=1S/C13H19F3N2O2S/c1-10(2)18(9-13(14,15)16)21(19,20)12-6-4-11(5-7-12)8-17-3/h4-7,10,17H,8-9H2,1-3H3. The molecule has 0 saturated heterocycles. The van der Waals surface area contributed by atoms with Crippen LogP contribution in [0.3, 0.4) is 0 Å². The number of nitrogens with zero attached hydrogens (tertiary/aromatic N) is 1. The Bertz CT molecular complexity index is 554. The molecule has 1 rings (SSSR count). The van der Waals surface area contributed by atoms with Crippen molar-refractivity contribution in [1.29, 1.82) is 0 Å². The summed E-state index contributed by atoms with van der Waals surface area (Å²) in [6.07, 6.45) is -4.58. The smallest absolute Gasteiger partial charge is 0.316 e. The van der Waals surface area contributed by atoms with Crippen molar-refractivity contribution < 1.29 is 21.6 Å². The summed E-state index contributed by atoms with van der Waals surface area (Å²) in [4.78, 5) is -0.139. The molecule has 0 atom stereocenters. The summed E-state index contributed by atoms with van der Waals surface area (Å²) < 4.78 is 62.8. The maximum Gasteiger partial charge on any atom is 0.402 e. The predicted molar refractivity (Wildman–Crippen MR) is 74.3 cm³/mol. The highest BCUT2D eigenvalue weighted by molar-refractivity contribution is 7.89. The van der Waals surface area contributed by atoms with Gasteiger partial charge in [-0.25, -0.2) is 8.42 Å². The van der Waals surface area contributed by atoms with Crippen molar-refractivity contribution in [2.75, 3.05) is 13.6 Å². The first-order valence-corrected chi connectivity index (χ1v) is 7.84. The number of sulfonamides is 1. The molecule has 0 unspecified atom stereocenters. The maximum atomic E-state index is 12.6. The van der Waals surface area contributed by atoms with Gasteiger partial charge in [-0.2, -0.15) is 17.5 Å². The van der Waals surface area contributed by atoms with Gasteiger partial charge in [-0.05, 0) is 38.6 Å². The van der Waals surface area contributed by atoms with Crippen LogP contribution in [-0.2, 0) is 16.6 Å². The van der Waals surface area contributed by atoms with Crippen LogP contribution in [0.25, 0.3) is 0 Å². The fraction of sp³-hybridized carbons (Fsp3) is 0.538. The average molecular weight is 324 g/mol. The van der Waals surface area contributed by atoms with Gasteiger partial charge in [0.1, 0.15) is 6.54 Å². The summed E-state index contributed by atoms with van der Waals surface area (Å²) >= 11 is 0. The summed E-state index contributed by atoms with van der Waals surface area (Å²) in [6.45, 7) is 1.89. The Kier molecular flexibility index (Phi) is 5.77. The SMILES string of the molecule is CNCc1ccc(S(=O)(=O)N(CC(F)(F)F)C(C)C)cc1. The number of rotatable bonds is 6. The molecule has 1 aromatic carbocycles. The molecule has 0 fully saturated rings. The molecule has 0 spiro atoms. The first kappa shape index (κ1) is 17.9. The van der Waals surface area contributed by atoms with Crippen LogP contribution >= 0.6 is 0 Å². The molecule has 0 aliphatic rings. The molecular weight excluding hydrogens is 305 g/mol. The number of benzene rings is 1. The van der Waals surface area contributed by atoms with Gasteiger partial charge in [-0.3, -0.25) is 0 Å². The summed E-state index contributed by atoms with van der Waals surface area (Å²) in [6, 6.07) is 5.03. The molecule has 0 aliphatic carbocycles. The fourth-order valence-corrected chi connectivity index (χ4v) is 3.46. The highest BCUT2D eigenvalue weighted by Crippen LogP contribution is 2.24. The van der Waals surface area contributed by atoms with E-state index < -0.39 is 28.8 Å². The zero-order valence-electron chi connectivity index (χ0n) is 12.1. The van der Waals surface area contributed by atoms with Crippen LogP contribution in [-0.4, -0.2) is 38.5 Å². The third-order valence-corrected chi connectivity index (χ3v) is 4.86. The van der Waals surface area contributed by atoms with Gasteiger partial charge in [0.25, 0.3) is 0 Å². The Morgan fingerprint density at radius 3 is 2.10 bits per heavy atom. The summed E-state index contributed by atoms with van der Waals surface area (Å²) in [5.41, 5.74) is 0.850. The highest BCUT2D eigenvalue weighted by atomic mass is 32.2. The quantitative estimate of drug-likeness (QED) is 0.874. The van der Waals surface area contributed by atoms with Crippen LogP contribution in [0.2, 0.25) is 0 Å². The lowest BCUT2D eigenvalue weighted by molar-refractivity contribution is -0.138. The summed E-state index contributed by atoms with van der Waals surface area (Å²) in [5, 5.41) is 2.91. The molecule has 1 aromatic rings. The van der Waals surface area contributed by atoms with E-state index in [0.717, 1.165) is 5.56 Å². The van der Waals surface area contributed by atoms with Crippen molar-refractivity contribution in [3.8, 4) is 0 Å². The van der Waals surface area contributed by atoms with Crippen LogP contribution in [0.4, 0.5) is 13.2 Å². The van der Waals surface area contributed by atoms with Gasteiger partial charge < -0.3 is 5.32 Å². The van der Waals surface area contributed by atoms with E-state index >= 15 is 0 Å². The van der Waals surface area contributed by atoms with E-state index in [1.165, 1.54) is 26.0 Å². The monoisotopic (exact) mass is 324 g/mol. The third kappa shape index (κ3) is 4.98. The highest BCUT2D eigenvalue weighted by Gasteiger charge is 2.38. The summed E-state index contributed by atoms with van der Waals surface area (Å²) in [7, 11) is -2.43. The first-order valence-electron chi connectivity index (χ1n) is 6.40. The largest absolute Gasteiger partial charge is 0.402 e. The predicted octanol–water partition coefficient (Wildman–Crippen LogP) is 2.37. The van der Waals surface area contributed by atoms with Crippen molar-refractivity contribution in [2.24, 2.45) is 0 Å². The summed E-state index contributed by atoms with van der Waals surface area (Å²) in [5.74, 6) is 0. The Morgan fingerprint density at radius 2 is 1.71 bits per heavy atom. The Hall–Kier alpha value is -1.12. The Labute approximate surface area is 123 Å². The molecule has 0 aromatic heterocycles. The van der Waals surface area contributed by atoms with E-state index in [-0.39, 0.29) is 4.90 Å². The molecule has 4 nitrogen and oxygen atoms in total. The van der Waals surface area contributed by atoms with Crippen molar-refractivity contribution in [2.45, 2.75) is 37.5 Å². The third-order valence-electron chi connectivity index (χ3n) is 2.82. The zero-order valence-corrected chi connectivity index (χ0v) is 12.9. The maximum absolute atomic E-state index is 12.6. The number of hydrogen-bond donors (Lipinski definition) is 1. The van der Waals surface area contributed by atoms with Gasteiger partial charge in [-0.15, -0.1) is 0 Å². The average Bonchev–Trinajstić information content (AvgIpc) is 2.35. The Balaban J connectivity index is 3.11. The first-order chi connectivity index (χ1) is 9.58. The van der Waals surface area contributed by atoms with E-state index in [4.69, 9.17) is 0 Å². The van der Waals surface area contributed by atoms with E-state index in [1.807, 2.05) is 0 Å². The van der Waals surface area contributed by atoms with E-state index in [0.29, 0.717) is 10.8 Å². The number of halogens is 3. The molecule has 1 N–H and O–H groups in total. The van der Waals surface area contributed by atoms with Crippen molar-refractivity contribution >= 4 is 10.0 Å². The molecule has 0 aliphatic heterocycles. The van der Waals surface area contributed by atoms with Gasteiger partial charge in [-0.1, -0.05) is 12.1 Å².